The predicted molar refractivity (Wildman–Crippen MR) is 97.7 cm³/mol. The summed E-state index contributed by atoms with van der Waals surface area (Å²) in [5.41, 5.74) is 0.273. The summed E-state index contributed by atoms with van der Waals surface area (Å²) >= 11 is 0. The second kappa shape index (κ2) is 7.36. The quantitative estimate of drug-likeness (QED) is 0.726. The van der Waals surface area contributed by atoms with Crippen molar-refractivity contribution in [1.29, 1.82) is 0 Å². The van der Waals surface area contributed by atoms with Crippen molar-refractivity contribution < 1.29 is 9.32 Å². The lowest BCUT2D eigenvalue weighted by Gasteiger charge is -2.35. The number of anilines is 3. The zero-order chi connectivity index (χ0) is 18.6. The average Bonchev–Trinajstić information content (AvgIpc) is 3.13. The minimum absolute atomic E-state index is 0.273. The SMILES string of the molecule is Cc1cc(NC(=O)c2cc(N3CCN(c4ncccn4)CC3)ncn2)no1. The molecule has 0 saturated carbocycles. The third-order valence-electron chi connectivity index (χ3n) is 4.19. The number of amides is 1. The van der Waals surface area contributed by atoms with E-state index >= 15 is 0 Å². The first-order chi connectivity index (χ1) is 13.2. The van der Waals surface area contributed by atoms with Crippen LogP contribution in [0.25, 0.3) is 0 Å². The Hall–Kier alpha value is -3.56. The molecule has 0 atom stereocenters. The molecule has 27 heavy (non-hydrogen) atoms. The number of carbonyl (C=O) groups is 1. The second-order valence-electron chi connectivity index (χ2n) is 6.06. The average molecular weight is 366 g/mol. The molecule has 0 bridgehead atoms. The van der Waals surface area contributed by atoms with Crippen molar-refractivity contribution in [3.8, 4) is 0 Å². The first kappa shape index (κ1) is 16.9. The van der Waals surface area contributed by atoms with Crippen LogP contribution >= 0.6 is 0 Å². The Bertz CT molecular complexity index is 921. The zero-order valence-corrected chi connectivity index (χ0v) is 14.7. The number of aromatic nitrogens is 5. The highest BCUT2D eigenvalue weighted by Crippen LogP contribution is 2.17. The van der Waals surface area contributed by atoms with Crippen molar-refractivity contribution in [2.45, 2.75) is 6.92 Å². The maximum absolute atomic E-state index is 12.4. The Morgan fingerprint density at radius 3 is 2.48 bits per heavy atom. The number of hydrogen-bond acceptors (Lipinski definition) is 9. The number of piperazine rings is 1. The van der Waals surface area contributed by atoms with Crippen LogP contribution in [-0.4, -0.2) is 57.2 Å². The van der Waals surface area contributed by atoms with Crippen LogP contribution in [-0.2, 0) is 0 Å². The van der Waals surface area contributed by atoms with E-state index in [1.54, 1.807) is 37.5 Å². The smallest absolute Gasteiger partial charge is 0.275 e. The lowest BCUT2D eigenvalue weighted by molar-refractivity contribution is 0.102. The van der Waals surface area contributed by atoms with Gasteiger partial charge in [0.25, 0.3) is 5.91 Å². The van der Waals surface area contributed by atoms with Gasteiger partial charge in [-0.15, -0.1) is 0 Å². The Kier molecular flexibility index (Phi) is 4.60. The minimum atomic E-state index is -0.358. The Morgan fingerprint density at radius 1 is 1.04 bits per heavy atom. The van der Waals surface area contributed by atoms with Crippen molar-refractivity contribution in [3.05, 3.63) is 48.4 Å². The van der Waals surface area contributed by atoms with Gasteiger partial charge in [-0.1, -0.05) is 5.16 Å². The topological polar surface area (TPSA) is 113 Å². The van der Waals surface area contributed by atoms with Crippen molar-refractivity contribution in [2.75, 3.05) is 41.3 Å². The number of nitrogens with zero attached hydrogens (tertiary/aromatic N) is 7. The minimum Gasteiger partial charge on any atom is -0.360 e. The van der Waals surface area contributed by atoms with Gasteiger partial charge in [0.1, 0.15) is 23.6 Å². The van der Waals surface area contributed by atoms with E-state index in [2.05, 4.69) is 40.2 Å². The first-order valence-corrected chi connectivity index (χ1v) is 8.53. The van der Waals surface area contributed by atoms with E-state index in [1.807, 2.05) is 0 Å². The molecule has 0 spiro atoms. The third kappa shape index (κ3) is 3.84. The molecule has 1 aliphatic rings. The van der Waals surface area contributed by atoms with Gasteiger partial charge in [0.15, 0.2) is 5.82 Å². The van der Waals surface area contributed by atoms with E-state index in [0.29, 0.717) is 17.4 Å². The first-order valence-electron chi connectivity index (χ1n) is 8.53. The van der Waals surface area contributed by atoms with Crippen molar-refractivity contribution in [3.63, 3.8) is 0 Å². The Morgan fingerprint density at radius 2 is 1.78 bits per heavy atom. The van der Waals surface area contributed by atoms with Crippen molar-refractivity contribution in [1.82, 2.24) is 25.1 Å². The molecular formula is C17H18N8O2. The van der Waals surface area contributed by atoms with E-state index in [4.69, 9.17) is 4.52 Å². The van der Waals surface area contributed by atoms with Gasteiger partial charge in [0.05, 0.1) is 0 Å². The standard InChI is InChI=1S/C17H18N8O2/c1-12-9-14(23-27-12)22-16(26)13-10-15(21-11-20-13)24-5-7-25(8-6-24)17-18-3-2-4-19-17/h2-4,9-11H,5-8H2,1H3,(H,22,23,26). The van der Waals surface area contributed by atoms with E-state index < -0.39 is 0 Å². The van der Waals surface area contributed by atoms with E-state index in [-0.39, 0.29) is 11.6 Å². The maximum atomic E-state index is 12.4. The van der Waals surface area contributed by atoms with Gasteiger partial charge in [-0.05, 0) is 13.0 Å². The largest absolute Gasteiger partial charge is 0.360 e. The van der Waals surface area contributed by atoms with Gasteiger partial charge in [-0.2, -0.15) is 0 Å². The molecule has 1 amide bonds. The van der Waals surface area contributed by atoms with Crippen molar-refractivity contribution in [2.24, 2.45) is 0 Å². The molecule has 0 radical (unpaired) electrons. The lowest BCUT2D eigenvalue weighted by Crippen LogP contribution is -2.47. The summed E-state index contributed by atoms with van der Waals surface area (Å²) in [7, 11) is 0. The summed E-state index contributed by atoms with van der Waals surface area (Å²) in [5.74, 6) is 2.05. The monoisotopic (exact) mass is 366 g/mol. The summed E-state index contributed by atoms with van der Waals surface area (Å²) < 4.78 is 4.95. The fourth-order valence-corrected chi connectivity index (χ4v) is 2.84. The number of hydrogen-bond donors (Lipinski definition) is 1. The van der Waals surface area contributed by atoms with E-state index in [1.165, 1.54) is 6.33 Å². The second-order valence-corrected chi connectivity index (χ2v) is 6.06. The van der Waals surface area contributed by atoms with E-state index in [9.17, 15) is 4.79 Å². The predicted octanol–water partition coefficient (Wildman–Crippen LogP) is 1.14. The highest BCUT2D eigenvalue weighted by Gasteiger charge is 2.21. The van der Waals surface area contributed by atoms with Crippen LogP contribution in [0.4, 0.5) is 17.6 Å². The molecule has 3 aromatic heterocycles. The van der Waals surface area contributed by atoms with Gasteiger partial charge < -0.3 is 19.6 Å². The van der Waals surface area contributed by atoms with E-state index in [0.717, 1.165) is 32.1 Å². The fraction of sp³-hybridized carbons (Fsp3) is 0.294. The maximum Gasteiger partial charge on any atom is 0.275 e. The number of carbonyl (C=O) groups excluding carboxylic acids is 1. The van der Waals surface area contributed by atoms with Gasteiger partial charge >= 0.3 is 0 Å². The molecule has 10 nitrogen and oxygen atoms in total. The molecule has 1 aliphatic heterocycles. The molecule has 10 heteroatoms. The van der Waals surface area contributed by atoms with Gasteiger partial charge in [0, 0.05) is 50.7 Å². The summed E-state index contributed by atoms with van der Waals surface area (Å²) in [5, 5.41) is 6.41. The highest BCUT2D eigenvalue weighted by atomic mass is 16.5. The molecular weight excluding hydrogens is 348 g/mol. The van der Waals surface area contributed by atoms with Gasteiger partial charge in [-0.25, -0.2) is 19.9 Å². The molecule has 0 aromatic carbocycles. The number of nitrogens with one attached hydrogen (secondary N) is 1. The molecule has 1 N–H and O–H groups in total. The fourth-order valence-electron chi connectivity index (χ4n) is 2.84. The van der Waals surface area contributed by atoms with Gasteiger partial charge in [-0.3, -0.25) is 4.79 Å². The summed E-state index contributed by atoms with van der Waals surface area (Å²) in [6.45, 7) is 4.80. The third-order valence-corrected chi connectivity index (χ3v) is 4.19. The molecule has 3 aromatic rings. The van der Waals surface area contributed by atoms with Crippen molar-refractivity contribution >= 4 is 23.5 Å². The van der Waals surface area contributed by atoms with Gasteiger partial charge in [0.2, 0.25) is 5.95 Å². The van der Waals surface area contributed by atoms with Crippen LogP contribution in [0.2, 0.25) is 0 Å². The van der Waals surface area contributed by atoms with Crippen LogP contribution in [0.3, 0.4) is 0 Å². The normalized spacial score (nSPS) is 14.3. The van der Waals surface area contributed by atoms with Crippen LogP contribution < -0.4 is 15.1 Å². The Balaban J connectivity index is 1.41. The molecule has 1 fully saturated rings. The lowest BCUT2D eigenvalue weighted by atomic mass is 10.3. The van der Waals surface area contributed by atoms with Crippen LogP contribution in [0.1, 0.15) is 16.2 Å². The summed E-state index contributed by atoms with van der Waals surface area (Å²) in [6, 6.07) is 5.12. The summed E-state index contributed by atoms with van der Waals surface area (Å²) in [6.07, 6.45) is 4.87. The molecule has 4 rings (SSSR count). The zero-order valence-electron chi connectivity index (χ0n) is 14.7. The van der Waals surface area contributed by atoms with Crippen LogP contribution in [0.15, 0.2) is 41.4 Å². The summed E-state index contributed by atoms with van der Waals surface area (Å²) in [4.78, 5) is 33.5. The molecule has 138 valence electrons. The Labute approximate surface area is 155 Å². The molecule has 4 heterocycles. The molecule has 0 aliphatic carbocycles. The molecule has 0 unspecified atom stereocenters. The highest BCUT2D eigenvalue weighted by molar-refractivity contribution is 6.02. The van der Waals surface area contributed by atoms with Crippen LogP contribution in [0.5, 0.6) is 0 Å². The number of aryl methyl sites for hydroxylation is 1. The number of rotatable bonds is 4. The molecule has 1 saturated heterocycles. The van der Waals surface area contributed by atoms with Crippen LogP contribution in [0, 0.1) is 6.92 Å².